The van der Waals surface area contributed by atoms with Gasteiger partial charge in [0.25, 0.3) is 5.69 Å². The lowest BCUT2D eigenvalue weighted by atomic mass is 10.2. The summed E-state index contributed by atoms with van der Waals surface area (Å²) in [4.78, 5) is 21.7. The minimum Gasteiger partial charge on any atom is -0.465 e. The molecule has 0 spiro atoms. The minimum atomic E-state index is -4.28. The van der Waals surface area contributed by atoms with Gasteiger partial charge in [-0.25, -0.2) is 8.42 Å². The number of carbonyl (C=O) groups excluding carboxylic acids is 1. The molecule has 8 nitrogen and oxygen atoms in total. The van der Waals surface area contributed by atoms with Crippen LogP contribution in [0.1, 0.15) is 26.2 Å². The summed E-state index contributed by atoms with van der Waals surface area (Å²) in [7, 11) is -4.28. The van der Waals surface area contributed by atoms with E-state index in [9.17, 15) is 23.3 Å². The fourth-order valence-corrected chi connectivity index (χ4v) is 3.45. The van der Waals surface area contributed by atoms with Gasteiger partial charge in [0.15, 0.2) is 4.90 Å². The molecule has 134 valence electrons. The van der Waals surface area contributed by atoms with Crippen molar-refractivity contribution in [3.8, 4) is 0 Å². The number of hydrogen-bond acceptors (Lipinski definition) is 6. The highest BCUT2D eigenvalue weighted by Gasteiger charge is 2.31. The molecule has 1 atom stereocenters. The Labute approximate surface area is 145 Å². The van der Waals surface area contributed by atoms with E-state index in [4.69, 9.17) is 16.3 Å². The first-order chi connectivity index (χ1) is 11.3. The van der Waals surface area contributed by atoms with Gasteiger partial charge in [0, 0.05) is 11.9 Å². The molecule has 0 bridgehead atoms. The number of para-hydroxylation sites is 1. The van der Waals surface area contributed by atoms with E-state index >= 15 is 0 Å². The number of alkyl halides is 1. The molecule has 0 saturated heterocycles. The molecule has 0 heterocycles. The van der Waals surface area contributed by atoms with Crippen molar-refractivity contribution < 1.29 is 22.9 Å². The second-order valence-corrected chi connectivity index (χ2v) is 6.96. The number of esters is 1. The number of rotatable bonds is 10. The van der Waals surface area contributed by atoms with E-state index in [0.29, 0.717) is 6.42 Å². The van der Waals surface area contributed by atoms with Crippen LogP contribution >= 0.6 is 11.6 Å². The number of unbranched alkanes of at least 4 members (excludes halogenated alkanes) is 1. The topological polar surface area (TPSA) is 116 Å². The maximum absolute atomic E-state index is 12.4. The van der Waals surface area contributed by atoms with Gasteiger partial charge in [-0.15, -0.1) is 11.6 Å². The first kappa shape index (κ1) is 20.3. The van der Waals surface area contributed by atoms with Crippen molar-refractivity contribution in [3.63, 3.8) is 0 Å². The van der Waals surface area contributed by atoms with Gasteiger partial charge in [-0.1, -0.05) is 25.5 Å². The van der Waals surface area contributed by atoms with Gasteiger partial charge in [0.1, 0.15) is 6.04 Å². The molecular formula is C14H19ClN2O6S. The van der Waals surface area contributed by atoms with E-state index in [1.807, 2.05) is 6.92 Å². The summed E-state index contributed by atoms with van der Waals surface area (Å²) in [6.45, 7) is 2.09. The van der Waals surface area contributed by atoms with Crippen molar-refractivity contribution in [2.45, 2.75) is 37.1 Å². The molecule has 0 radical (unpaired) electrons. The Bertz CT molecular complexity index is 680. The van der Waals surface area contributed by atoms with Crippen LogP contribution in [0.5, 0.6) is 0 Å². The van der Waals surface area contributed by atoms with Gasteiger partial charge in [-0.3, -0.25) is 14.9 Å². The lowest BCUT2D eigenvalue weighted by molar-refractivity contribution is -0.387. The maximum Gasteiger partial charge on any atom is 0.324 e. The highest BCUT2D eigenvalue weighted by atomic mass is 35.5. The number of nitrogens with zero attached hydrogens (tertiary/aromatic N) is 1. The van der Waals surface area contributed by atoms with Crippen LogP contribution in [0.15, 0.2) is 29.2 Å². The summed E-state index contributed by atoms with van der Waals surface area (Å²) >= 11 is 5.61. The third kappa shape index (κ3) is 5.73. The Morgan fingerprint density at radius 2 is 2.08 bits per heavy atom. The molecule has 0 aliphatic carbocycles. The first-order valence-corrected chi connectivity index (χ1v) is 9.33. The molecule has 0 aliphatic rings. The quantitative estimate of drug-likeness (QED) is 0.219. The molecule has 10 heteroatoms. The SMILES string of the molecule is CCCCOC(=O)[C@H](CCCl)NS(=O)(=O)c1ccccc1[N+](=O)[O-]. The van der Waals surface area contributed by atoms with Crippen molar-refractivity contribution in [3.05, 3.63) is 34.4 Å². The van der Waals surface area contributed by atoms with Gasteiger partial charge >= 0.3 is 5.97 Å². The normalized spacial score (nSPS) is 12.6. The van der Waals surface area contributed by atoms with Crippen molar-refractivity contribution >= 4 is 33.3 Å². The first-order valence-electron chi connectivity index (χ1n) is 7.31. The summed E-state index contributed by atoms with van der Waals surface area (Å²) in [6.07, 6.45) is 1.47. The van der Waals surface area contributed by atoms with Crippen LogP contribution in [0.3, 0.4) is 0 Å². The minimum absolute atomic E-state index is 0.00632. The summed E-state index contributed by atoms with van der Waals surface area (Å²) in [6, 6.07) is 3.68. The number of hydrogen-bond donors (Lipinski definition) is 1. The Hall–Kier alpha value is -1.71. The lowest BCUT2D eigenvalue weighted by Gasteiger charge is -2.16. The molecule has 24 heavy (non-hydrogen) atoms. The van der Waals surface area contributed by atoms with Gasteiger partial charge in [0.05, 0.1) is 11.5 Å². The zero-order chi connectivity index (χ0) is 18.2. The second-order valence-electron chi connectivity index (χ2n) is 4.90. The monoisotopic (exact) mass is 378 g/mol. The fraction of sp³-hybridized carbons (Fsp3) is 0.500. The zero-order valence-electron chi connectivity index (χ0n) is 13.1. The molecule has 0 saturated carbocycles. The summed E-state index contributed by atoms with van der Waals surface area (Å²) in [5.41, 5.74) is -0.575. The van der Waals surface area contributed by atoms with E-state index in [2.05, 4.69) is 4.72 Å². The van der Waals surface area contributed by atoms with Crippen molar-refractivity contribution in [2.24, 2.45) is 0 Å². The molecule has 0 unspecified atom stereocenters. The summed E-state index contributed by atoms with van der Waals surface area (Å²) < 4.78 is 32.0. The van der Waals surface area contributed by atoms with Crippen LogP contribution in [-0.2, 0) is 19.6 Å². The Balaban J connectivity index is 3.00. The summed E-state index contributed by atoms with van der Waals surface area (Å²) in [5, 5.41) is 11.0. The number of nitro benzene ring substituents is 1. The molecule has 0 fully saturated rings. The summed E-state index contributed by atoms with van der Waals surface area (Å²) in [5.74, 6) is -0.737. The van der Waals surface area contributed by atoms with E-state index in [-0.39, 0.29) is 18.9 Å². The average Bonchev–Trinajstić information content (AvgIpc) is 2.54. The molecule has 1 N–H and O–H groups in total. The average molecular weight is 379 g/mol. The van der Waals surface area contributed by atoms with Crippen LogP contribution in [0.2, 0.25) is 0 Å². The van der Waals surface area contributed by atoms with E-state index in [1.54, 1.807) is 0 Å². The van der Waals surface area contributed by atoms with Gasteiger partial charge in [-0.2, -0.15) is 4.72 Å². The van der Waals surface area contributed by atoms with Crippen LogP contribution in [0, 0.1) is 10.1 Å². The van der Waals surface area contributed by atoms with Crippen molar-refractivity contribution in [1.82, 2.24) is 4.72 Å². The number of ether oxygens (including phenoxy) is 1. The smallest absolute Gasteiger partial charge is 0.324 e. The molecular weight excluding hydrogens is 360 g/mol. The van der Waals surface area contributed by atoms with Crippen LogP contribution < -0.4 is 4.72 Å². The van der Waals surface area contributed by atoms with Gasteiger partial charge < -0.3 is 4.74 Å². The molecule has 0 aromatic heterocycles. The molecule has 1 rings (SSSR count). The third-order valence-electron chi connectivity index (χ3n) is 3.07. The Morgan fingerprint density at radius 3 is 2.67 bits per heavy atom. The van der Waals surface area contributed by atoms with Crippen LogP contribution in [0.25, 0.3) is 0 Å². The molecule has 0 aliphatic heterocycles. The van der Waals surface area contributed by atoms with Gasteiger partial charge in [-0.05, 0) is 18.9 Å². The maximum atomic E-state index is 12.4. The highest BCUT2D eigenvalue weighted by molar-refractivity contribution is 7.89. The van der Waals surface area contributed by atoms with E-state index in [0.717, 1.165) is 18.6 Å². The Morgan fingerprint density at radius 1 is 1.42 bits per heavy atom. The predicted octanol–water partition coefficient (Wildman–Crippen LogP) is 2.21. The largest absolute Gasteiger partial charge is 0.465 e. The standard InChI is InChI=1S/C14H19ClN2O6S/c1-2-3-10-23-14(18)11(8-9-15)16-24(21,22)13-7-5-4-6-12(13)17(19)20/h4-7,11,16H,2-3,8-10H2,1H3/t11-/m0/s1. The Kier molecular flexibility index (Phi) is 8.09. The number of halogens is 1. The van der Waals surface area contributed by atoms with Gasteiger partial charge in [0.2, 0.25) is 10.0 Å². The van der Waals surface area contributed by atoms with E-state index in [1.165, 1.54) is 12.1 Å². The van der Waals surface area contributed by atoms with E-state index < -0.39 is 37.5 Å². The van der Waals surface area contributed by atoms with Crippen molar-refractivity contribution in [1.29, 1.82) is 0 Å². The number of sulfonamides is 1. The molecule has 1 aromatic carbocycles. The molecule has 0 amide bonds. The lowest BCUT2D eigenvalue weighted by Crippen LogP contribution is -2.42. The number of benzene rings is 1. The van der Waals surface area contributed by atoms with Crippen LogP contribution in [0.4, 0.5) is 5.69 Å². The second kappa shape index (κ2) is 9.55. The number of nitro groups is 1. The number of carbonyl (C=O) groups is 1. The predicted molar refractivity (Wildman–Crippen MR) is 88.4 cm³/mol. The fourth-order valence-electron chi connectivity index (χ4n) is 1.84. The molecule has 1 aromatic rings. The number of nitrogens with one attached hydrogen (secondary N) is 1. The van der Waals surface area contributed by atoms with Crippen molar-refractivity contribution in [2.75, 3.05) is 12.5 Å². The third-order valence-corrected chi connectivity index (χ3v) is 4.81. The highest BCUT2D eigenvalue weighted by Crippen LogP contribution is 2.23. The van der Waals surface area contributed by atoms with Crippen LogP contribution in [-0.4, -0.2) is 37.8 Å². The zero-order valence-corrected chi connectivity index (χ0v) is 14.7.